The van der Waals surface area contributed by atoms with Crippen molar-refractivity contribution < 1.29 is 18.6 Å². The number of hydrogen-bond donors (Lipinski definition) is 1. The van der Waals surface area contributed by atoms with E-state index in [4.69, 9.17) is 14.0 Å². The highest BCUT2D eigenvalue weighted by atomic mass is 31.2. The number of para-hydroxylation sites is 1. The van der Waals surface area contributed by atoms with Gasteiger partial charge in [-0.1, -0.05) is 18.2 Å². The predicted octanol–water partition coefficient (Wildman–Crippen LogP) is 3.77. The van der Waals surface area contributed by atoms with Gasteiger partial charge in [0, 0.05) is 18.4 Å². The molecule has 0 saturated carbocycles. The van der Waals surface area contributed by atoms with Crippen molar-refractivity contribution >= 4 is 13.2 Å². The first-order valence-corrected chi connectivity index (χ1v) is 8.70. The number of ether oxygens (including phenoxy) is 2. The highest BCUT2D eigenvalue weighted by Crippen LogP contribution is 2.44. The molecule has 0 aromatic heterocycles. The first-order valence-electron chi connectivity index (χ1n) is 6.62. The Labute approximate surface area is 123 Å². The summed E-state index contributed by atoms with van der Waals surface area (Å²) < 4.78 is 29.0. The third kappa shape index (κ3) is 3.50. The van der Waals surface area contributed by atoms with Crippen LogP contribution in [-0.2, 0) is 4.57 Å². The lowest BCUT2D eigenvalue weighted by Crippen LogP contribution is -2.15. The standard InChI is InChI=1S/C15H16NO4P/c1-21(17,20-13-5-3-2-4-6-13)16-12-7-8-14-15(11-12)19-10-9-18-14/h2-8,11H,9-10H2,1H3,(H,16,17)/t21-/m0/s1. The van der Waals surface area contributed by atoms with Crippen LogP contribution in [0.3, 0.4) is 0 Å². The summed E-state index contributed by atoms with van der Waals surface area (Å²) in [4.78, 5) is 0. The van der Waals surface area contributed by atoms with E-state index in [-0.39, 0.29) is 0 Å². The number of fused-ring (bicyclic) bond motifs is 1. The number of hydrogen-bond acceptors (Lipinski definition) is 4. The smallest absolute Gasteiger partial charge is 0.338 e. The van der Waals surface area contributed by atoms with Gasteiger partial charge in [0.05, 0.1) is 0 Å². The largest absolute Gasteiger partial charge is 0.486 e. The molecule has 0 amide bonds. The van der Waals surface area contributed by atoms with Crippen molar-refractivity contribution in [2.24, 2.45) is 0 Å². The molecule has 1 aliphatic rings. The maximum atomic E-state index is 12.5. The molecule has 0 aliphatic carbocycles. The molecule has 3 rings (SSSR count). The maximum absolute atomic E-state index is 12.5. The minimum Gasteiger partial charge on any atom is -0.486 e. The molecule has 2 aromatic rings. The zero-order chi connectivity index (χ0) is 14.7. The van der Waals surface area contributed by atoms with Crippen LogP contribution in [0.4, 0.5) is 5.69 Å². The number of nitrogens with one attached hydrogen (secondary N) is 1. The molecular weight excluding hydrogens is 289 g/mol. The van der Waals surface area contributed by atoms with Crippen LogP contribution in [0.15, 0.2) is 48.5 Å². The van der Waals surface area contributed by atoms with Crippen molar-refractivity contribution in [3.63, 3.8) is 0 Å². The lowest BCUT2D eigenvalue weighted by Gasteiger charge is -2.21. The van der Waals surface area contributed by atoms with E-state index in [2.05, 4.69) is 5.09 Å². The van der Waals surface area contributed by atoms with E-state index in [0.29, 0.717) is 36.1 Å². The van der Waals surface area contributed by atoms with Gasteiger partial charge in [-0.2, -0.15) is 0 Å². The SMILES string of the molecule is C[P@@](=O)(Nc1ccc2c(c1)OCCO2)Oc1ccccc1. The molecule has 1 N–H and O–H groups in total. The second-order valence-electron chi connectivity index (χ2n) is 4.72. The van der Waals surface area contributed by atoms with Crippen molar-refractivity contribution in [1.29, 1.82) is 0 Å². The third-order valence-electron chi connectivity index (χ3n) is 2.90. The van der Waals surface area contributed by atoms with Gasteiger partial charge < -0.3 is 19.1 Å². The van der Waals surface area contributed by atoms with E-state index in [0.717, 1.165) is 0 Å². The number of benzene rings is 2. The summed E-state index contributed by atoms with van der Waals surface area (Å²) in [6.45, 7) is 2.60. The van der Waals surface area contributed by atoms with E-state index in [1.165, 1.54) is 6.66 Å². The summed E-state index contributed by atoms with van der Waals surface area (Å²) >= 11 is 0. The molecule has 5 nitrogen and oxygen atoms in total. The van der Waals surface area contributed by atoms with Crippen LogP contribution in [0, 0.1) is 0 Å². The normalized spacial score (nSPS) is 15.9. The molecule has 21 heavy (non-hydrogen) atoms. The Bertz CT molecular complexity index is 675. The molecule has 6 heteroatoms. The van der Waals surface area contributed by atoms with Crippen molar-refractivity contribution in [3.05, 3.63) is 48.5 Å². The van der Waals surface area contributed by atoms with Crippen LogP contribution in [-0.4, -0.2) is 19.9 Å². The molecule has 0 fully saturated rings. The molecular formula is C15H16NO4P. The maximum Gasteiger partial charge on any atom is 0.338 e. The molecule has 0 spiro atoms. The zero-order valence-electron chi connectivity index (χ0n) is 11.6. The van der Waals surface area contributed by atoms with Gasteiger partial charge in [0.2, 0.25) is 0 Å². The lowest BCUT2D eigenvalue weighted by molar-refractivity contribution is 0.171. The van der Waals surface area contributed by atoms with Crippen LogP contribution in [0.1, 0.15) is 0 Å². The van der Waals surface area contributed by atoms with Gasteiger partial charge >= 0.3 is 7.52 Å². The molecule has 110 valence electrons. The van der Waals surface area contributed by atoms with Crippen molar-refractivity contribution in [3.8, 4) is 17.2 Å². The average Bonchev–Trinajstić information content (AvgIpc) is 2.47. The van der Waals surface area contributed by atoms with Crippen LogP contribution < -0.4 is 19.1 Å². The highest BCUT2D eigenvalue weighted by Gasteiger charge is 2.19. The molecule has 0 saturated heterocycles. The zero-order valence-corrected chi connectivity index (χ0v) is 12.5. The molecule has 2 aromatic carbocycles. The van der Waals surface area contributed by atoms with Gasteiger partial charge in [-0.25, -0.2) is 0 Å². The van der Waals surface area contributed by atoms with Gasteiger partial charge in [-0.3, -0.25) is 4.57 Å². The number of anilines is 1. The first kappa shape index (κ1) is 13.8. The Hall–Kier alpha value is -2.13. The summed E-state index contributed by atoms with van der Waals surface area (Å²) in [5, 5.41) is 2.91. The highest BCUT2D eigenvalue weighted by molar-refractivity contribution is 7.60. The monoisotopic (exact) mass is 305 g/mol. The number of rotatable bonds is 4. The lowest BCUT2D eigenvalue weighted by atomic mass is 10.3. The molecule has 0 radical (unpaired) electrons. The van der Waals surface area contributed by atoms with Crippen molar-refractivity contribution in [2.45, 2.75) is 0 Å². The summed E-state index contributed by atoms with van der Waals surface area (Å²) in [6.07, 6.45) is 0. The van der Waals surface area contributed by atoms with E-state index in [1.54, 1.807) is 30.3 Å². The molecule has 0 unspecified atom stereocenters. The second kappa shape index (κ2) is 5.70. The minimum atomic E-state index is -3.02. The van der Waals surface area contributed by atoms with Gasteiger partial charge in [0.25, 0.3) is 0 Å². The van der Waals surface area contributed by atoms with E-state index < -0.39 is 7.52 Å². The van der Waals surface area contributed by atoms with Gasteiger partial charge in [0.15, 0.2) is 11.5 Å². The van der Waals surface area contributed by atoms with Gasteiger partial charge in [0.1, 0.15) is 19.0 Å². The topological polar surface area (TPSA) is 56.8 Å². The Morgan fingerprint density at radius 1 is 1.05 bits per heavy atom. The second-order valence-corrected chi connectivity index (χ2v) is 6.82. The Morgan fingerprint density at radius 2 is 1.76 bits per heavy atom. The van der Waals surface area contributed by atoms with Gasteiger partial charge in [-0.05, 0) is 24.3 Å². The Morgan fingerprint density at radius 3 is 2.52 bits per heavy atom. The summed E-state index contributed by atoms with van der Waals surface area (Å²) in [6, 6.07) is 14.4. The van der Waals surface area contributed by atoms with Crippen molar-refractivity contribution in [2.75, 3.05) is 25.0 Å². The van der Waals surface area contributed by atoms with Crippen LogP contribution in [0.25, 0.3) is 0 Å². The van der Waals surface area contributed by atoms with E-state index >= 15 is 0 Å². The Kier molecular flexibility index (Phi) is 3.76. The fourth-order valence-corrected chi connectivity index (χ4v) is 3.23. The van der Waals surface area contributed by atoms with Crippen LogP contribution in [0.2, 0.25) is 0 Å². The minimum absolute atomic E-state index is 0.515. The van der Waals surface area contributed by atoms with Crippen LogP contribution in [0.5, 0.6) is 17.2 Å². The fourth-order valence-electron chi connectivity index (χ4n) is 2.05. The van der Waals surface area contributed by atoms with Crippen molar-refractivity contribution in [1.82, 2.24) is 0 Å². The molecule has 0 bridgehead atoms. The first-order chi connectivity index (χ1) is 10.1. The fraction of sp³-hybridized carbons (Fsp3) is 0.200. The Balaban J connectivity index is 1.74. The summed E-state index contributed by atoms with van der Waals surface area (Å²) in [5.41, 5.74) is 0.668. The predicted molar refractivity (Wildman–Crippen MR) is 81.7 cm³/mol. The van der Waals surface area contributed by atoms with Crippen LogP contribution >= 0.6 is 7.52 Å². The quantitative estimate of drug-likeness (QED) is 0.871. The average molecular weight is 305 g/mol. The third-order valence-corrected chi connectivity index (χ3v) is 4.12. The molecule has 1 aliphatic heterocycles. The van der Waals surface area contributed by atoms with Gasteiger partial charge in [-0.15, -0.1) is 0 Å². The summed E-state index contributed by atoms with van der Waals surface area (Å²) in [5.74, 6) is 1.90. The molecule has 1 atom stereocenters. The van der Waals surface area contributed by atoms with E-state index in [1.807, 2.05) is 18.2 Å². The summed E-state index contributed by atoms with van der Waals surface area (Å²) in [7, 11) is -3.02. The molecule has 1 heterocycles. The van der Waals surface area contributed by atoms with E-state index in [9.17, 15) is 4.57 Å².